The number of phosphoric ester groups is 1. The summed E-state index contributed by atoms with van der Waals surface area (Å²) in [6.07, 6.45) is 41.7. The number of esters is 2. The van der Waals surface area contributed by atoms with E-state index in [1.807, 2.05) is 0 Å². The van der Waals surface area contributed by atoms with Gasteiger partial charge in [0.25, 0.3) is 0 Å². The second-order valence-electron chi connectivity index (χ2n) is 13.8. The Balaban J connectivity index is 4.21. The molecule has 0 fully saturated rings. The van der Waals surface area contributed by atoms with E-state index >= 15 is 0 Å². The molecule has 0 bridgehead atoms. The van der Waals surface area contributed by atoms with Crippen molar-refractivity contribution in [2.45, 2.75) is 193 Å². The van der Waals surface area contributed by atoms with E-state index in [-0.39, 0.29) is 32.6 Å². The zero-order valence-corrected chi connectivity index (χ0v) is 34.2. The number of hydrogen-bond acceptors (Lipinski definition) is 8. The molecule has 0 rings (SSSR count). The Kier molecular flexibility index (Phi) is 37.6. The predicted octanol–water partition coefficient (Wildman–Crippen LogP) is 11.8. The molecule has 0 heterocycles. The summed E-state index contributed by atoms with van der Waals surface area (Å²) in [4.78, 5) is 34.8. The van der Waals surface area contributed by atoms with Crippen molar-refractivity contribution in [1.82, 2.24) is 0 Å². The molecule has 0 spiro atoms. The number of nitrogens with two attached hydrogens (primary N) is 1. The smallest absolute Gasteiger partial charge is 0.462 e. The fourth-order valence-electron chi connectivity index (χ4n) is 5.60. The third-order valence-corrected chi connectivity index (χ3v) is 9.73. The third-order valence-electron chi connectivity index (χ3n) is 8.75. The molecule has 0 aromatic rings. The molecular weight excluding hydrogens is 677 g/mol. The number of carbonyl (C=O) groups excluding carboxylic acids is 2. The summed E-state index contributed by atoms with van der Waals surface area (Å²) in [6, 6.07) is 0. The minimum absolute atomic E-state index is 0.0497. The summed E-state index contributed by atoms with van der Waals surface area (Å²) in [6.45, 7) is 3.68. The van der Waals surface area contributed by atoms with Crippen LogP contribution in [0.5, 0.6) is 0 Å². The van der Waals surface area contributed by atoms with Gasteiger partial charge in [0.05, 0.1) is 13.2 Å². The Bertz CT molecular complexity index is 954. The van der Waals surface area contributed by atoms with Gasteiger partial charge in [0.1, 0.15) is 6.61 Å². The van der Waals surface area contributed by atoms with Crippen LogP contribution in [0, 0.1) is 0 Å². The molecule has 1 unspecified atom stereocenters. The van der Waals surface area contributed by atoms with Gasteiger partial charge in [-0.15, -0.1) is 0 Å². The maximum atomic E-state index is 12.6. The van der Waals surface area contributed by atoms with Gasteiger partial charge in [0, 0.05) is 19.4 Å². The van der Waals surface area contributed by atoms with Crippen LogP contribution in [0.3, 0.4) is 0 Å². The number of phosphoric acid groups is 1. The summed E-state index contributed by atoms with van der Waals surface area (Å²) in [5.74, 6) is -0.853. The largest absolute Gasteiger partial charge is 0.472 e. The van der Waals surface area contributed by atoms with Gasteiger partial charge in [-0.05, 0) is 70.6 Å². The van der Waals surface area contributed by atoms with E-state index in [0.717, 1.165) is 70.6 Å². The Hall–Kier alpha value is -1.77. The fourth-order valence-corrected chi connectivity index (χ4v) is 6.36. The van der Waals surface area contributed by atoms with Crippen molar-refractivity contribution < 1.29 is 37.6 Å². The Morgan fingerprint density at radius 2 is 1.00 bits per heavy atom. The average molecular weight is 756 g/mol. The van der Waals surface area contributed by atoms with Crippen LogP contribution in [0.15, 0.2) is 36.5 Å². The van der Waals surface area contributed by atoms with Gasteiger partial charge in [-0.2, -0.15) is 0 Å². The van der Waals surface area contributed by atoms with E-state index in [4.69, 9.17) is 24.3 Å². The topological polar surface area (TPSA) is 134 Å². The van der Waals surface area contributed by atoms with Gasteiger partial charge < -0.3 is 20.1 Å². The Morgan fingerprint density at radius 1 is 0.577 bits per heavy atom. The highest BCUT2D eigenvalue weighted by molar-refractivity contribution is 7.47. The third kappa shape index (κ3) is 38.0. The van der Waals surface area contributed by atoms with Crippen molar-refractivity contribution in [3.63, 3.8) is 0 Å². The SMILES string of the molecule is CCCCC/C=C\C/C=C\CCCCCCCC(=O)OC[C@H](COP(=O)(O)OCCN)OC(=O)CCCCCCC/C=C\CCCCCCCCC. The molecule has 9 nitrogen and oxygen atoms in total. The van der Waals surface area contributed by atoms with Crippen LogP contribution in [0.2, 0.25) is 0 Å². The lowest BCUT2D eigenvalue weighted by molar-refractivity contribution is -0.161. The van der Waals surface area contributed by atoms with Gasteiger partial charge in [-0.1, -0.05) is 140 Å². The van der Waals surface area contributed by atoms with E-state index in [9.17, 15) is 19.0 Å². The van der Waals surface area contributed by atoms with Gasteiger partial charge in [0.15, 0.2) is 6.10 Å². The fraction of sp³-hybridized carbons (Fsp3) is 0.810. The summed E-state index contributed by atoms with van der Waals surface area (Å²) in [5.41, 5.74) is 5.34. The molecule has 0 saturated carbocycles. The van der Waals surface area contributed by atoms with Crippen molar-refractivity contribution in [3.05, 3.63) is 36.5 Å². The quantitative estimate of drug-likeness (QED) is 0.0272. The lowest BCUT2D eigenvalue weighted by Gasteiger charge is -2.19. The Labute approximate surface area is 318 Å². The van der Waals surface area contributed by atoms with Crippen molar-refractivity contribution >= 4 is 19.8 Å². The second kappa shape index (κ2) is 38.9. The second-order valence-corrected chi connectivity index (χ2v) is 15.3. The van der Waals surface area contributed by atoms with Crippen LogP contribution in [-0.2, 0) is 32.7 Å². The Morgan fingerprint density at radius 3 is 1.52 bits per heavy atom. The molecule has 2 atom stereocenters. The van der Waals surface area contributed by atoms with E-state index in [0.29, 0.717) is 12.8 Å². The zero-order valence-electron chi connectivity index (χ0n) is 33.3. The van der Waals surface area contributed by atoms with E-state index in [1.165, 1.54) is 77.0 Å². The summed E-state index contributed by atoms with van der Waals surface area (Å²) >= 11 is 0. The van der Waals surface area contributed by atoms with E-state index in [1.54, 1.807) is 0 Å². The first kappa shape index (κ1) is 50.2. The molecule has 0 aliphatic heterocycles. The van der Waals surface area contributed by atoms with Crippen molar-refractivity contribution in [1.29, 1.82) is 0 Å². The minimum Gasteiger partial charge on any atom is -0.462 e. The predicted molar refractivity (Wildman–Crippen MR) is 215 cm³/mol. The number of ether oxygens (including phenoxy) is 2. The molecule has 0 radical (unpaired) electrons. The molecule has 0 aliphatic carbocycles. The summed E-state index contributed by atoms with van der Waals surface area (Å²) in [5, 5.41) is 0. The summed E-state index contributed by atoms with van der Waals surface area (Å²) < 4.78 is 32.7. The number of hydrogen-bond donors (Lipinski definition) is 2. The zero-order chi connectivity index (χ0) is 38.2. The number of unbranched alkanes of at least 4 members (excludes halogenated alkanes) is 20. The highest BCUT2D eigenvalue weighted by Gasteiger charge is 2.26. The molecule has 3 N–H and O–H groups in total. The van der Waals surface area contributed by atoms with Gasteiger partial charge >= 0.3 is 19.8 Å². The number of rotatable bonds is 39. The van der Waals surface area contributed by atoms with E-state index in [2.05, 4.69) is 50.3 Å². The number of carbonyl (C=O) groups is 2. The van der Waals surface area contributed by atoms with Crippen LogP contribution in [-0.4, -0.2) is 49.3 Å². The number of allylic oxidation sites excluding steroid dienone is 6. The highest BCUT2D eigenvalue weighted by Crippen LogP contribution is 2.43. The van der Waals surface area contributed by atoms with Crippen molar-refractivity contribution in [2.75, 3.05) is 26.4 Å². The molecule has 0 amide bonds. The lowest BCUT2D eigenvalue weighted by atomic mass is 10.1. The van der Waals surface area contributed by atoms with Crippen LogP contribution in [0.1, 0.15) is 187 Å². The first-order valence-corrected chi connectivity index (χ1v) is 22.5. The normalized spacial score (nSPS) is 13.7. The standard InChI is InChI=1S/C42H78NO8P/c1-3-5-7-9-11-13-15-17-19-21-23-25-27-29-31-33-35-42(45)51-40(39-50-52(46,47)49-37-36-43)38-48-41(44)34-32-30-28-26-24-22-20-18-16-14-12-10-8-6-4-2/h12,14,18-21,40H,3-11,13,15-17,22-39,43H2,1-2H3,(H,46,47)/b14-12-,20-18-,21-19-/t40-/m1/s1. The first-order chi connectivity index (χ1) is 25.3. The highest BCUT2D eigenvalue weighted by atomic mass is 31.2. The molecule has 0 aromatic heterocycles. The molecular formula is C42H78NO8P. The molecule has 10 heteroatoms. The monoisotopic (exact) mass is 756 g/mol. The summed E-state index contributed by atoms with van der Waals surface area (Å²) in [7, 11) is -4.38. The molecule has 0 aromatic carbocycles. The van der Waals surface area contributed by atoms with Gasteiger partial charge in [0.2, 0.25) is 0 Å². The molecule has 304 valence electrons. The maximum Gasteiger partial charge on any atom is 0.472 e. The van der Waals surface area contributed by atoms with Crippen molar-refractivity contribution in [3.8, 4) is 0 Å². The van der Waals surface area contributed by atoms with Crippen molar-refractivity contribution in [2.24, 2.45) is 5.73 Å². The van der Waals surface area contributed by atoms with Crippen LogP contribution in [0.4, 0.5) is 0 Å². The lowest BCUT2D eigenvalue weighted by Crippen LogP contribution is -2.29. The van der Waals surface area contributed by atoms with Crippen LogP contribution < -0.4 is 5.73 Å². The first-order valence-electron chi connectivity index (χ1n) is 21.0. The van der Waals surface area contributed by atoms with Gasteiger partial charge in [-0.25, -0.2) is 4.57 Å². The van der Waals surface area contributed by atoms with Crippen LogP contribution in [0.25, 0.3) is 0 Å². The minimum atomic E-state index is -4.38. The van der Waals surface area contributed by atoms with E-state index < -0.39 is 32.5 Å². The molecule has 0 saturated heterocycles. The molecule has 52 heavy (non-hydrogen) atoms. The van der Waals surface area contributed by atoms with Gasteiger partial charge in [-0.3, -0.25) is 18.6 Å². The van der Waals surface area contributed by atoms with Crippen LogP contribution >= 0.6 is 7.82 Å². The average Bonchev–Trinajstić information content (AvgIpc) is 3.13. The molecule has 0 aliphatic rings. The maximum absolute atomic E-state index is 12.6.